The SMILES string of the molecule is CC(C)C.Nc1n[nH]c2cc(OCC3CCCC3)cc(F)c12. The molecule has 5 heteroatoms. The zero-order valence-electron chi connectivity index (χ0n) is 13.7. The van der Waals surface area contributed by atoms with Crippen molar-refractivity contribution in [2.75, 3.05) is 12.3 Å². The van der Waals surface area contributed by atoms with Gasteiger partial charge < -0.3 is 10.5 Å². The predicted molar refractivity (Wildman–Crippen MR) is 88.4 cm³/mol. The lowest BCUT2D eigenvalue weighted by molar-refractivity contribution is 0.251. The van der Waals surface area contributed by atoms with Gasteiger partial charge in [0.15, 0.2) is 5.82 Å². The number of aromatic amines is 1. The van der Waals surface area contributed by atoms with E-state index in [0.717, 1.165) is 5.92 Å². The Kier molecular flexibility index (Phi) is 5.63. The maximum Gasteiger partial charge on any atom is 0.156 e. The molecule has 0 spiro atoms. The maximum atomic E-state index is 13.8. The number of aromatic nitrogens is 2. The Bertz CT molecular complexity index is 600. The van der Waals surface area contributed by atoms with Crippen LogP contribution in [0, 0.1) is 17.7 Å². The van der Waals surface area contributed by atoms with E-state index in [1.807, 2.05) is 0 Å². The quantitative estimate of drug-likeness (QED) is 0.876. The van der Waals surface area contributed by atoms with Crippen LogP contribution < -0.4 is 10.5 Å². The number of fused-ring (bicyclic) bond motifs is 1. The van der Waals surface area contributed by atoms with E-state index in [1.165, 1.54) is 31.7 Å². The van der Waals surface area contributed by atoms with Crippen LogP contribution in [0.1, 0.15) is 46.5 Å². The lowest BCUT2D eigenvalue weighted by Crippen LogP contribution is -2.08. The highest BCUT2D eigenvalue weighted by molar-refractivity contribution is 5.90. The van der Waals surface area contributed by atoms with Crippen LogP contribution in [0.15, 0.2) is 12.1 Å². The number of halogens is 1. The third kappa shape index (κ3) is 4.36. The molecule has 0 saturated heterocycles. The fourth-order valence-electron chi connectivity index (χ4n) is 2.58. The highest BCUT2D eigenvalue weighted by Gasteiger charge is 2.16. The number of nitrogens with zero attached hydrogens (tertiary/aromatic N) is 1. The van der Waals surface area contributed by atoms with Gasteiger partial charge in [-0.1, -0.05) is 33.6 Å². The number of nitrogens with two attached hydrogens (primary N) is 1. The van der Waals surface area contributed by atoms with Crippen LogP contribution >= 0.6 is 0 Å². The van der Waals surface area contributed by atoms with Gasteiger partial charge in [0.2, 0.25) is 0 Å². The number of rotatable bonds is 3. The Balaban J connectivity index is 0.000000396. The Hall–Kier alpha value is -1.78. The first-order valence-electron chi connectivity index (χ1n) is 8.03. The molecule has 1 saturated carbocycles. The Morgan fingerprint density at radius 1 is 1.32 bits per heavy atom. The van der Waals surface area contributed by atoms with Crippen LogP contribution in [0.25, 0.3) is 10.9 Å². The molecular formula is C17H26FN3O. The molecule has 0 unspecified atom stereocenters. The summed E-state index contributed by atoms with van der Waals surface area (Å²) in [6, 6.07) is 3.12. The fourth-order valence-corrected chi connectivity index (χ4v) is 2.58. The Morgan fingerprint density at radius 2 is 1.95 bits per heavy atom. The van der Waals surface area contributed by atoms with E-state index in [4.69, 9.17) is 10.5 Å². The summed E-state index contributed by atoms with van der Waals surface area (Å²) in [5.41, 5.74) is 6.16. The fraction of sp³-hybridized carbons (Fsp3) is 0.588. The third-order valence-electron chi connectivity index (χ3n) is 3.58. The molecule has 22 heavy (non-hydrogen) atoms. The second kappa shape index (κ2) is 7.47. The van der Waals surface area contributed by atoms with Crippen molar-refractivity contribution >= 4 is 16.7 Å². The van der Waals surface area contributed by atoms with Crippen molar-refractivity contribution < 1.29 is 9.13 Å². The first kappa shape index (κ1) is 16.6. The van der Waals surface area contributed by atoms with Crippen molar-refractivity contribution in [2.45, 2.75) is 46.5 Å². The average molecular weight is 307 g/mol. The van der Waals surface area contributed by atoms with Crippen LogP contribution in [0.4, 0.5) is 10.2 Å². The normalized spacial score (nSPS) is 15.1. The summed E-state index contributed by atoms with van der Waals surface area (Å²) in [7, 11) is 0. The molecule has 1 aliphatic carbocycles. The summed E-state index contributed by atoms with van der Waals surface area (Å²) in [5.74, 6) is 1.77. The predicted octanol–water partition coefficient (Wildman–Crippen LogP) is 4.52. The molecular weight excluding hydrogens is 281 g/mol. The van der Waals surface area contributed by atoms with Gasteiger partial charge in [-0.3, -0.25) is 5.10 Å². The van der Waals surface area contributed by atoms with Gasteiger partial charge in [-0.25, -0.2) is 4.39 Å². The summed E-state index contributed by atoms with van der Waals surface area (Å²) in [4.78, 5) is 0. The van der Waals surface area contributed by atoms with Crippen molar-refractivity contribution in [2.24, 2.45) is 11.8 Å². The topological polar surface area (TPSA) is 63.9 Å². The van der Waals surface area contributed by atoms with Crippen molar-refractivity contribution in [1.82, 2.24) is 10.2 Å². The lowest BCUT2D eigenvalue weighted by Gasteiger charge is -2.11. The number of H-pyrrole nitrogens is 1. The molecule has 1 aliphatic rings. The zero-order valence-corrected chi connectivity index (χ0v) is 13.7. The standard InChI is InChI=1S/C13H16FN3O.C4H10/c14-10-5-9(18-7-8-3-1-2-4-8)6-11-12(10)13(15)17-16-11;1-4(2)3/h5-6,8H,1-4,7H2,(H3,15,16,17);4H,1-3H3. The molecule has 4 nitrogen and oxygen atoms in total. The highest BCUT2D eigenvalue weighted by atomic mass is 19.1. The summed E-state index contributed by atoms with van der Waals surface area (Å²) >= 11 is 0. The number of anilines is 1. The van der Waals surface area contributed by atoms with Gasteiger partial charge >= 0.3 is 0 Å². The molecule has 122 valence electrons. The summed E-state index contributed by atoms with van der Waals surface area (Å²) < 4.78 is 19.5. The van der Waals surface area contributed by atoms with Crippen molar-refractivity contribution in [1.29, 1.82) is 0 Å². The number of benzene rings is 1. The highest BCUT2D eigenvalue weighted by Crippen LogP contribution is 2.29. The summed E-state index contributed by atoms with van der Waals surface area (Å²) in [6.07, 6.45) is 4.97. The largest absolute Gasteiger partial charge is 0.493 e. The van der Waals surface area contributed by atoms with Crippen LogP contribution in [0.3, 0.4) is 0 Å². The van der Waals surface area contributed by atoms with Gasteiger partial charge in [-0.2, -0.15) is 5.10 Å². The van der Waals surface area contributed by atoms with E-state index >= 15 is 0 Å². The van der Waals surface area contributed by atoms with Gasteiger partial charge in [-0.15, -0.1) is 0 Å². The van der Waals surface area contributed by atoms with Gasteiger partial charge in [0.05, 0.1) is 17.5 Å². The van der Waals surface area contributed by atoms with E-state index in [-0.39, 0.29) is 11.6 Å². The van der Waals surface area contributed by atoms with E-state index in [9.17, 15) is 4.39 Å². The van der Waals surface area contributed by atoms with Crippen LogP contribution in [-0.2, 0) is 0 Å². The first-order valence-corrected chi connectivity index (χ1v) is 8.03. The number of hydrogen-bond acceptors (Lipinski definition) is 3. The van der Waals surface area contributed by atoms with Crippen molar-refractivity contribution in [3.8, 4) is 5.75 Å². The van der Waals surface area contributed by atoms with E-state index in [0.29, 0.717) is 29.2 Å². The smallest absolute Gasteiger partial charge is 0.156 e. The van der Waals surface area contributed by atoms with Crippen LogP contribution in [0.2, 0.25) is 0 Å². The van der Waals surface area contributed by atoms with Gasteiger partial charge in [0.25, 0.3) is 0 Å². The monoisotopic (exact) mass is 307 g/mol. The zero-order chi connectivity index (χ0) is 16.1. The summed E-state index contributed by atoms with van der Waals surface area (Å²) in [5, 5.41) is 6.83. The third-order valence-corrected chi connectivity index (χ3v) is 3.58. The molecule has 1 aromatic carbocycles. The summed E-state index contributed by atoms with van der Waals surface area (Å²) in [6.45, 7) is 7.16. The van der Waals surface area contributed by atoms with E-state index in [2.05, 4.69) is 31.0 Å². The molecule has 3 N–H and O–H groups in total. The molecule has 0 aliphatic heterocycles. The van der Waals surface area contributed by atoms with E-state index < -0.39 is 0 Å². The maximum absolute atomic E-state index is 13.8. The number of nitrogens with one attached hydrogen (secondary N) is 1. The molecule has 2 aromatic rings. The van der Waals surface area contributed by atoms with E-state index in [1.54, 1.807) is 6.07 Å². The molecule has 1 heterocycles. The van der Waals surface area contributed by atoms with Crippen molar-refractivity contribution in [3.05, 3.63) is 17.9 Å². The molecule has 0 atom stereocenters. The van der Waals surface area contributed by atoms with Crippen LogP contribution in [0.5, 0.6) is 5.75 Å². The molecule has 1 aromatic heterocycles. The van der Waals surface area contributed by atoms with Crippen molar-refractivity contribution in [3.63, 3.8) is 0 Å². The van der Waals surface area contributed by atoms with Gasteiger partial charge in [-0.05, 0) is 24.7 Å². The van der Waals surface area contributed by atoms with Gasteiger partial charge in [0.1, 0.15) is 11.6 Å². The molecule has 0 bridgehead atoms. The Labute approximate surface area is 131 Å². The average Bonchev–Trinajstić information content (AvgIpc) is 3.06. The second-order valence-electron chi connectivity index (χ2n) is 6.63. The minimum Gasteiger partial charge on any atom is -0.493 e. The van der Waals surface area contributed by atoms with Gasteiger partial charge in [0, 0.05) is 12.1 Å². The number of ether oxygens (including phenoxy) is 1. The molecule has 0 radical (unpaired) electrons. The number of hydrogen-bond donors (Lipinski definition) is 2. The number of nitrogen functional groups attached to an aromatic ring is 1. The minimum absolute atomic E-state index is 0.185. The second-order valence-corrected chi connectivity index (χ2v) is 6.63. The lowest BCUT2D eigenvalue weighted by atomic mass is 10.1. The van der Waals surface area contributed by atoms with Crippen LogP contribution in [-0.4, -0.2) is 16.8 Å². The minimum atomic E-state index is -0.389. The first-order chi connectivity index (χ1) is 10.5. The molecule has 0 amide bonds. The molecule has 3 rings (SSSR count). The molecule has 1 fully saturated rings. The Morgan fingerprint density at radius 3 is 2.59 bits per heavy atom.